The summed E-state index contributed by atoms with van der Waals surface area (Å²) >= 11 is 0. The molecule has 0 unspecified atom stereocenters. The van der Waals surface area contributed by atoms with Crippen molar-refractivity contribution in [3.05, 3.63) is 35.4 Å². The smallest absolute Gasteiger partial charge is 0.416 e. The monoisotopic (exact) mass is 275 g/mol. The van der Waals surface area contributed by atoms with E-state index < -0.39 is 29.7 Å². The number of hydrogen-bond acceptors (Lipinski definition) is 2. The molecule has 0 bridgehead atoms. The molecule has 2 N–H and O–H groups in total. The van der Waals surface area contributed by atoms with Gasteiger partial charge in [-0.1, -0.05) is 12.1 Å². The number of carbonyl (C=O) groups excluding carboxylic acids is 1. The van der Waals surface area contributed by atoms with Crippen molar-refractivity contribution in [2.45, 2.75) is 25.6 Å². The van der Waals surface area contributed by atoms with Crippen molar-refractivity contribution in [3.8, 4) is 0 Å². The molecule has 7 heteroatoms. The number of amides is 1. The minimum absolute atomic E-state index is 0.0763. The fourth-order valence-corrected chi connectivity index (χ4v) is 1.51. The van der Waals surface area contributed by atoms with E-state index >= 15 is 0 Å². The van der Waals surface area contributed by atoms with E-state index in [2.05, 4.69) is 5.32 Å². The van der Waals surface area contributed by atoms with Gasteiger partial charge in [-0.3, -0.25) is 4.79 Å². The van der Waals surface area contributed by atoms with Crippen molar-refractivity contribution >= 4 is 11.9 Å². The maximum atomic E-state index is 12.3. The lowest BCUT2D eigenvalue weighted by Crippen LogP contribution is -2.41. The molecule has 1 aromatic rings. The lowest BCUT2D eigenvalue weighted by molar-refractivity contribution is -0.141. The van der Waals surface area contributed by atoms with Crippen molar-refractivity contribution in [1.29, 1.82) is 0 Å². The van der Waals surface area contributed by atoms with E-state index in [0.717, 1.165) is 12.1 Å². The predicted octanol–water partition coefficient (Wildman–Crippen LogP) is 1.84. The Hall–Kier alpha value is -2.05. The number of rotatable bonds is 4. The molecule has 0 aliphatic heterocycles. The van der Waals surface area contributed by atoms with Crippen LogP contribution in [0, 0.1) is 0 Å². The summed E-state index contributed by atoms with van der Waals surface area (Å²) in [5, 5.41) is 11.1. The summed E-state index contributed by atoms with van der Waals surface area (Å²) in [7, 11) is 0. The Balaban J connectivity index is 2.81. The highest BCUT2D eigenvalue weighted by atomic mass is 19.4. The first-order valence-corrected chi connectivity index (χ1v) is 5.36. The molecular weight excluding hydrogens is 263 g/mol. The fourth-order valence-electron chi connectivity index (χ4n) is 1.51. The summed E-state index contributed by atoms with van der Waals surface area (Å²) in [6.45, 7) is 1.17. The highest BCUT2D eigenvalue weighted by molar-refractivity contribution is 5.82. The maximum Gasteiger partial charge on any atom is 0.416 e. The lowest BCUT2D eigenvalue weighted by Gasteiger charge is -2.14. The van der Waals surface area contributed by atoms with Crippen LogP contribution < -0.4 is 5.32 Å². The quantitative estimate of drug-likeness (QED) is 0.881. The molecule has 0 heterocycles. The van der Waals surface area contributed by atoms with Gasteiger partial charge in [0.15, 0.2) is 0 Å². The average molecular weight is 275 g/mol. The van der Waals surface area contributed by atoms with Crippen LogP contribution in [-0.4, -0.2) is 23.0 Å². The zero-order valence-corrected chi connectivity index (χ0v) is 9.99. The average Bonchev–Trinajstić information content (AvgIpc) is 2.27. The first-order chi connectivity index (χ1) is 8.70. The molecule has 1 amide bonds. The molecular formula is C12H12F3NO3. The van der Waals surface area contributed by atoms with Gasteiger partial charge in [0.25, 0.3) is 0 Å². The number of carbonyl (C=O) groups is 2. The molecule has 19 heavy (non-hydrogen) atoms. The third-order valence-electron chi connectivity index (χ3n) is 2.40. The van der Waals surface area contributed by atoms with Crippen LogP contribution in [0.3, 0.4) is 0 Å². The standard InChI is InChI=1S/C12H12F3NO3/c1-7(17)16-10(11(18)19)6-8-2-4-9(5-3-8)12(13,14)15/h2-5,10H,6H2,1H3,(H,16,17)(H,18,19)/t10-/m0/s1. The van der Waals surface area contributed by atoms with E-state index in [1.807, 2.05) is 0 Å². The molecule has 4 nitrogen and oxygen atoms in total. The Bertz CT molecular complexity index is 468. The van der Waals surface area contributed by atoms with Gasteiger partial charge in [-0.2, -0.15) is 13.2 Å². The summed E-state index contributed by atoms with van der Waals surface area (Å²) in [6.07, 6.45) is -4.50. The SMILES string of the molecule is CC(=O)N[C@@H](Cc1ccc(C(F)(F)F)cc1)C(=O)O. The Morgan fingerprint density at radius 1 is 1.26 bits per heavy atom. The third kappa shape index (κ3) is 4.61. The van der Waals surface area contributed by atoms with Crippen LogP contribution in [0.2, 0.25) is 0 Å². The van der Waals surface area contributed by atoms with Crippen LogP contribution in [0.25, 0.3) is 0 Å². The molecule has 0 aromatic heterocycles. The van der Waals surface area contributed by atoms with Gasteiger partial charge in [-0.25, -0.2) is 4.79 Å². The van der Waals surface area contributed by atoms with Crippen LogP contribution in [0.1, 0.15) is 18.1 Å². The molecule has 0 aliphatic carbocycles. The molecule has 1 rings (SSSR count). The summed E-state index contributed by atoms with van der Waals surface area (Å²) in [5.41, 5.74) is -0.406. The number of benzene rings is 1. The Morgan fingerprint density at radius 2 is 1.79 bits per heavy atom. The van der Waals surface area contributed by atoms with Crippen molar-refractivity contribution in [3.63, 3.8) is 0 Å². The van der Waals surface area contributed by atoms with E-state index in [1.165, 1.54) is 19.1 Å². The number of carboxylic acid groups (broad SMARTS) is 1. The second-order valence-electron chi connectivity index (χ2n) is 3.99. The molecule has 0 fully saturated rings. The van der Waals surface area contributed by atoms with E-state index in [1.54, 1.807) is 0 Å². The molecule has 1 atom stereocenters. The molecule has 1 aromatic carbocycles. The largest absolute Gasteiger partial charge is 0.480 e. The molecule has 0 saturated carbocycles. The van der Waals surface area contributed by atoms with Crippen LogP contribution in [-0.2, 0) is 22.2 Å². The zero-order chi connectivity index (χ0) is 14.6. The minimum Gasteiger partial charge on any atom is -0.480 e. The van der Waals surface area contributed by atoms with Gasteiger partial charge in [0.1, 0.15) is 6.04 Å². The Kier molecular flexibility index (Phi) is 4.52. The zero-order valence-electron chi connectivity index (χ0n) is 9.99. The van der Waals surface area contributed by atoms with Crippen molar-refractivity contribution in [2.75, 3.05) is 0 Å². The molecule has 0 spiro atoms. The Morgan fingerprint density at radius 3 is 2.16 bits per heavy atom. The van der Waals surface area contributed by atoms with Gasteiger partial charge in [-0.15, -0.1) is 0 Å². The van der Waals surface area contributed by atoms with E-state index in [4.69, 9.17) is 5.11 Å². The van der Waals surface area contributed by atoms with Gasteiger partial charge in [0.05, 0.1) is 5.56 Å². The van der Waals surface area contributed by atoms with Crippen LogP contribution >= 0.6 is 0 Å². The van der Waals surface area contributed by atoms with Crippen LogP contribution in [0.4, 0.5) is 13.2 Å². The number of alkyl halides is 3. The van der Waals surface area contributed by atoms with E-state index in [-0.39, 0.29) is 6.42 Å². The predicted molar refractivity (Wildman–Crippen MR) is 60.4 cm³/mol. The number of halogens is 3. The maximum absolute atomic E-state index is 12.3. The Labute approximate surface area is 107 Å². The first-order valence-electron chi connectivity index (χ1n) is 5.36. The second kappa shape index (κ2) is 5.73. The molecule has 0 aliphatic rings. The molecule has 0 radical (unpaired) electrons. The third-order valence-corrected chi connectivity index (χ3v) is 2.40. The molecule has 0 saturated heterocycles. The summed E-state index contributed by atoms with van der Waals surface area (Å²) in [5.74, 6) is -1.76. The van der Waals surface area contributed by atoms with Crippen LogP contribution in [0.15, 0.2) is 24.3 Å². The van der Waals surface area contributed by atoms with Gasteiger partial charge in [0.2, 0.25) is 5.91 Å². The summed E-state index contributed by atoms with van der Waals surface area (Å²) < 4.78 is 37.0. The normalized spacial score (nSPS) is 12.8. The first kappa shape index (κ1) is 15.0. The highest BCUT2D eigenvalue weighted by Crippen LogP contribution is 2.29. The number of hydrogen-bond donors (Lipinski definition) is 2. The minimum atomic E-state index is -4.43. The molecule has 104 valence electrons. The van der Waals surface area contributed by atoms with E-state index in [0.29, 0.717) is 5.56 Å². The van der Waals surface area contributed by atoms with Gasteiger partial charge >= 0.3 is 12.1 Å². The fraction of sp³-hybridized carbons (Fsp3) is 0.333. The van der Waals surface area contributed by atoms with Gasteiger partial charge in [0, 0.05) is 13.3 Å². The van der Waals surface area contributed by atoms with Gasteiger partial charge in [-0.05, 0) is 17.7 Å². The van der Waals surface area contributed by atoms with Crippen molar-refractivity contribution < 1.29 is 27.9 Å². The van der Waals surface area contributed by atoms with Gasteiger partial charge < -0.3 is 10.4 Å². The van der Waals surface area contributed by atoms with Crippen molar-refractivity contribution in [2.24, 2.45) is 0 Å². The highest BCUT2D eigenvalue weighted by Gasteiger charge is 2.30. The lowest BCUT2D eigenvalue weighted by atomic mass is 10.0. The number of aliphatic carboxylic acids is 1. The number of nitrogens with one attached hydrogen (secondary N) is 1. The van der Waals surface area contributed by atoms with Crippen LogP contribution in [0.5, 0.6) is 0 Å². The van der Waals surface area contributed by atoms with E-state index in [9.17, 15) is 22.8 Å². The number of carboxylic acids is 1. The second-order valence-corrected chi connectivity index (χ2v) is 3.99. The summed E-state index contributed by atoms with van der Waals surface area (Å²) in [6, 6.07) is 2.99. The van der Waals surface area contributed by atoms with Crippen molar-refractivity contribution in [1.82, 2.24) is 5.32 Å². The summed E-state index contributed by atoms with van der Waals surface area (Å²) in [4.78, 5) is 21.7. The topological polar surface area (TPSA) is 66.4 Å².